The predicted octanol–water partition coefficient (Wildman–Crippen LogP) is 11.5. The molecule has 0 radical (unpaired) electrons. The minimum atomic E-state index is -0.432. The van der Waals surface area contributed by atoms with Gasteiger partial charge in [-0.3, -0.25) is 0 Å². The summed E-state index contributed by atoms with van der Waals surface area (Å²) in [4.78, 5) is 2.41. The summed E-state index contributed by atoms with van der Waals surface area (Å²) in [6.45, 7) is 3.88. The maximum atomic E-state index is 6.59. The number of hydrogen-bond donors (Lipinski definition) is 0. The van der Waals surface area contributed by atoms with Crippen LogP contribution in [0.1, 0.15) is 29.5 Å². The van der Waals surface area contributed by atoms with Gasteiger partial charge in [0.05, 0.1) is 11.1 Å². The Kier molecular flexibility index (Phi) is 6.69. The molecule has 0 aliphatic heterocycles. The Morgan fingerprint density at radius 1 is 0.667 bits per heavy atom. The molecular weight excluding hydrogens is 546 g/mol. The first-order chi connectivity index (χ1) is 22.3. The fourth-order valence-corrected chi connectivity index (χ4v) is 7.33. The standard InChI is InChI=1S/C43H33NO/c1-2-3-4-15-29-43(31-17-7-5-8-18-31)38-24-13-11-21-34(38)35-28-27-33(30-39(35)43)44(32-19-9-6-10-20-32)40-25-16-23-37-36-22-12-14-26-41(36)45-42(37)40/h2-26,29-30H,1,27-28H2/b4-3-,29-15+. The number of allylic oxidation sites excluding steroid dienone is 9. The van der Waals surface area contributed by atoms with Crippen LogP contribution in [0, 0.1) is 0 Å². The smallest absolute Gasteiger partial charge is 0.159 e. The van der Waals surface area contributed by atoms with E-state index in [4.69, 9.17) is 4.42 Å². The molecule has 1 atom stereocenters. The lowest BCUT2D eigenvalue weighted by molar-refractivity contribution is 0.668. The molecule has 45 heavy (non-hydrogen) atoms. The lowest BCUT2D eigenvalue weighted by Gasteiger charge is -2.35. The molecule has 0 saturated heterocycles. The molecular formula is C43H33NO. The maximum absolute atomic E-state index is 6.59. The fourth-order valence-electron chi connectivity index (χ4n) is 7.33. The van der Waals surface area contributed by atoms with Gasteiger partial charge in [0, 0.05) is 22.2 Å². The third-order valence-corrected chi connectivity index (χ3v) is 9.23. The van der Waals surface area contributed by atoms with E-state index in [1.807, 2.05) is 18.2 Å². The quantitative estimate of drug-likeness (QED) is 0.175. The van der Waals surface area contributed by atoms with E-state index in [0.717, 1.165) is 46.2 Å². The number of fused-ring (bicyclic) bond motifs is 5. The van der Waals surface area contributed by atoms with E-state index < -0.39 is 5.41 Å². The summed E-state index contributed by atoms with van der Waals surface area (Å²) in [7, 11) is 0. The van der Waals surface area contributed by atoms with Crippen molar-refractivity contribution in [2.24, 2.45) is 0 Å². The molecule has 0 bridgehead atoms. The molecule has 0 spiro atoms. The van der Waals surface area contributed by atoms with Gasteiger partial charge < -0.3 is 9.32 Å². The maximum Gasteiger partial charge on any atom is 0.159 e. The summed E-state index contributed by atoms with van der Waals surface area (Å²) in [5, 5.41) is 2.27. The van der Waals surface area contributed by atoms with E-state index in [0.29, 0.717) is 0 Å². The van der Waals surface area contributed by atoms with E-state index in [1.165, 1.54) is 33.5 Å². The van der Waals surface area contributed by atoms with Gasteiger partial charge in [-0.15, -0.1) is 0 Å². The summed E-state index contributed by atoms with van der Waals surface area (Å²) in [6, 6.07) is 45.4. The highest BCUT2D eigenvalue weighted by atomic mass is 16.3. The van der Waals surface area contributed by atoms with Gasteiger partial charge in [0.25, 0.3) is 0 Å². The number of para-hydroxylation sites is 3. The van der Waals surface area contributed by atoms with Crippen LogP contribution in [0.4, 0.5) is 11.4 Å². The Bertz CT molecular complexity index is 2180. The molecule has 0 saturated carbocycles. The van der Waals surface area contributed by atoms with Crippen molar-refractivity contribution in [3.63, 3.8) is 0 Å². The molecule has 0 fully saturated rings. The van der Waals surface area contributed by atoms with Crippen molar-refractivity contribution in [1.82, 2.24) is 0 Å². The molecule has 216 valence electrons. The summed E-state index contributed by atoms with van der Waals surface area (Å²) in [5.74, 6) is 0. The number of hydrogen-bond acceptors (Lipinski definition) is 2. The van der Waals surface area contributed by atoms with Crippen LogP contribution in [0.25, 0.3) is 27.5 Å². The molecule has 0 N–H and O–H groups in total. The van der Waals surface area contributed by atoms with Gasteiger partial charge in [-0.1, -0.05) is 140 Å². The fraction of sp³-hybridized carbons (Fsp3) is 0.0698. The van der Waals surface area contributed by atoms with Crippen molar-refractivity contribution in [2.45, 2.75) is 18.3 Å². The molecule has 2 aliphatic carbocycles. The number of anilines is 2. The summed E-state index contributed by atoms with van der Waals surface area (Å²) in [6.07, 6.45) is 14.7. The second kappa shape index (κ2) is 11.2. The second-order valence-electron chi connectivity index (χ2n) is 11.7. The highest BCUT2D eigenvalue weighted by Crippen LogP contribution is 2.56. The number of rotatable bonds is 7. The van der Waals surface area contributed by atoms with E-state index in [9.17, 15) is 0 Å². The number of furan rings is 1. The van der Waals surface area contributed by atoms with Gasteiger partial charge in [-0.25, -0.2) is 0 Å². The van der Waals surface area contributed by atoms with Crippen molar-refractivity contribution in [3.8, 4) is 0 Å². The van der Waals surface area contributed by atoms with E-state index in [1.54, 1.807) is 0 Å². The van der Waals surface area contributed by atoms with Gasteiger partial charge in [-0.2, -0.15) is 0 Å². The van der Waals surface area contributed by atoms with Crippen LogP contribution in [0.3, 0.4) is 0 Å². The largest absolute Gasteiger partial charge is 0.454 e. The molecule has 1 heterocycles. The zero-order valence-corrected chi connectivity index (χ0v) is 25.1. The highest BCUT2D eigenvalue weighted by molar-refractivity contribution is 6.09. The molecule has 6 aromatic rings. The lowest BCUT2D eigenvalue weighted by atomic mass is 9.70. The first kappa shape index (κ1) is 27.0. The zero-order valence-electron chi connectivity index (χ0n) is 25.1. The van der Waals surface area contributed by atoms with Crippen LogP contribution in [0.2, 0.25) is 0 Å². The normalized spacial score (nSPS) is 17.6. The van der Waals surface area contributed by atoms with Gasteiger partial charge >= 0.3 is 0 Å². The monoisotopic (exact) mass is 579 g/mol. The van der Waals surface area contributed by atoms with Crippen molar-refractivity contribution < 1.29 is 4.42 Å². The first-order valence-electron chi connectivity index (χ1n) is 15.6. The van der Waals surface area contributed by atoms with Crippen molar-refractivity contribution in [3.05, 3.63) is 198 Å². The van der Waals surface area contributed by atoms with Gasteiger partial charge in [0.2, 0.25) is 0 Å². The molecule has 0 amide bonds. The predicted molar refractivity (Wildman–Crippen MR) is 189 cm³/mol. The summed E-state index contributed by atoms with van der Waals surface area (Å²) >= 11 is 0. The summed E-state index contributed by atoms with van der Waals surface area (Å²) < 4.78 is 6.59. The van der Waals surface area contributed by atoms with Crippen LogP contribution in [0.5, 0.6) is 0 Å². The van der Waals surface area contributed by atoms with Crippen LogP contribution < -0.4 is 4.90 Å². The molecule has 2 heteroatoms. The first-order valence-corrected chi connectivity index (χ1v) is 15.6. The van der Waals surface area contributed by atoms with Crippen LogP contribution in [-0.2, 0) is 5.41 Å². The van der Waals surface area contributed by atoms with E-state index in [2.05, 4.69) is 157 Å². The zero-order chi connectivity index (χ0) is 30.2. The van der Waals surface area contributed by atoms with Gasteiger partial charge in [0.15, 0.2) is 5.58 Å². The average Bonchev–Trinajstić information content (AvgIpc) is 3.62. The number of nitrogens with zero attached hydrogens (tertiary/aromatic N) is 1. The van der Waals surface area contributed by atoms with Gasteiger partial charge in [0.1, 0.15) is 5.58 Å². The molecule has 2 nitrogen and oxygen atoms in total. The minimum Gasteiger partial charge on any atom is -0.454 e. The number of benzene rings is 5. The van der Waals surface area contributed by atoms with Crippen LogP contribution >= 0.6 is 0 Å². The molecule has 1 aromatic heterocycles. The Morgan fingerprint density at radius 3 is 2.24 bits per heavy atom. The Balaban J connectivity index is 1.38. The van der Waals surface area contributed by atoms with E-state index >= 15 is 0 Å². The SMILES string of the molecule is C=C/C=C\C=C\C1(c2ccccc2)C2=C(CCC(N(c3ccccc3)c3cccc4c3oc3ccccc34)=C2)c2ccccc21. The third kappa shape index (κ3) is 4.33. The minimum absolute atomic E-state index is 0.432. The molecule has 1 unspecified atom stereocenters. The Morgan fingerprint density at radius 2 is 1.40 bits per heavy atom. The van der Waals surface area contributed by atoms with Gasteiger partial charge in [-0.05, 0) is 71.0 Å². The average molecular weight is 580 g/mol. The Hall–Kier alpha value is -5.60. The molecule has 2 aliphatic rings. The molecule has 8 rings (SSSR count). The summed E-state index contributed by atoms with van der Waals surface area (Å²) in [5.41, 5.74) is 11.5. The van der Waals surface area contributed by atoms with Crippen LogP contribution in [0.15, 0.2) is 186 Å². The lowest BCUT2D eigenvalue weighted by Crippen LogP contribution is -2.27. The van der Waals surface area contributed by atoms with Crippen molar-refractivity contribution >= 4 is 38.9 Å². The van der Waals surface area contributed by atoms with Crippen molar-refractivity contribution in [1.29, 1.82) is 0 Å². The topological polar surface area (TPSA) is 16.4 Å². The highest BCUT2D eigenvalue weighted by Gasteiger charge is 2.45. The molecule has 5 aromatic carbocycles. The van der Waals surface area contributed by atoms with Crippen molar-refractivity contribution in [2.75, 3.05) is 4.90 Å². The third-order valence-electron chi connectivity index (χ3n) is 9.23. The Labute approximate surface area is 264 Å². The second-order valence-corrected chi connectivity index (χ2v) is 11.7. The van der Waals surface area contributed by atoms with Crippen LogP contribution in [-0.4, -0.2) is 0 Å². The van der Waals surface area contributed by atoms with E-state index in [-0.39, 0.29) is 0 Å².